The Morgan fingerprint density at radius 1 is 1.11 bits per heavy atom. The summed E-state index contributed by atoms with van der Waals surface area (Å²) in [5, 5.41) is 2.22. The lowest BCUT2D eigenvalue weighted by molar-refractivity contribution is 0.587. The highest BCUT2D eigenvalue weighted by Gasteiger charge is 2.16. The van der Waals surface area contributed by atoms with Crippen LogP contribution in [0.4, 0.5) is 0 Å². The molecule has 0 bridgehead atoms. The first-order valence-electron chi connectivity index (χ1n) is 6.46. The molecule has 0 saturated heterocycles. The zero-order chi connectivity index (χ0) is 13.9. The van der Waals surface area contributed by atoms with E-state index >= 15 is 0 Å². The Labute approximate surface area is 114 Å². The Morgan fingerprint density at radius 3 is 2.47 bits per heavy atom. The van der Waals surface area contributed by atoms with Gasteiger partial charge in [0.05, 0.1) is 5.75 Å². The maximum absolute atomic E-state index is 11.8. The molecule has 3 nitrogen and oxygen atoms in total. The molecular weight excluding hydrogens is 258 g/mol. The first-order valence-corrected chi connectivity index (χ1v) is 8.28. The Hall–Kier alpha value is -1.39. The van der Waals surface area contributed by atoms with E-state index < -0.39 is 15.9 Å². The van der Waals surface area contributed by atoms with E-state index in [9.17, 15) is 8.42 Å². The van der Waals surface area contributed by atoms with Crippen molar-refractivity contribution < 1.29 is 8.42 Å². The van der Waals surface area contributed by atoms with Crippen LogP contribution in [0, 0.1) is 0 Å². The molecule has 19 heavy (non-hydrogen) atoms. The minimum absolute atomic E-state index is 0.0131. The lowest BCUT2D eigenvalue weighted by Crippen LogP contribution is -2.23. The van der Waals surface area contributed by atoms with Crippen molar-refractivity contribution in [2.45, 2.75) is 19.4 Å². The highest BCUT2D eigenvalue weighted by Crippen LogP contribution is 2.20. The van der Waals surface area contributed by atoms with Gasteiger partial charge in [-0.3, -0.25) is 0 Å². The Bertz CT molecular complexity index is 665. The fourth-order valence-corrected chi connectivity index (χ4v) is 3.73. The van der Waals surface area contributed by atoms with Crippen LogP contribution < -0.4 is 5.73 Å². The van der Waals surface area contributed by atoms with Gasteiger partial charge in [-0.2, -0.15) is 0 Å². The average Bonchev–Trinajstić information content (AvgIpc) is 2.37. The van der Waals surface area contributed by atoms with E-state index in [1.165, 1.54) is 0 Å². The van der Waals surface area contributed by atoms with Crippen molar-refractivity contribution in [3.8, 4) is 0 Å². The predicted molar refractivity (Wildman–Crippen MR) is 79.8 cm³/mol. The average molecular weight is 277 g/mol. The molecule has 0 aromatic heterocycles. The Balaban J connectivity index is 2.24. The van der Waals surface area contributed by atoms with E-state index in [2.05, 4.69) is 0 Å². The van der Waals surface area contributed by atoms with Crippen molar-refractivity contribution >= 4 is 20.6 Å². The van der Waals surface area contributed by atoms with E-state index in [0.29, 0.717) is 6.42 Å². The van der Waals surface area contributed by atoms with Crippen LogP contribution in [0.2, 0.25) is 0 Å². The molecule has 0 heterocycles. The topological polar surface area (TPSA) is 60.2 Å². The number of nitrogens with two attached hydrogens (primary N) is 1. The highest BCUT2D eigenvalue weighted by atomic mass is 32.2. The van der Waals surface area contributed by atoms with Gasteiger partial charge >= 0.3 is 0 Å². The van der Waals surface area contributed by atoms with Crippen LogP contribution in [0.25, 0.3) is 10.8 Å². The van der Waals surface area contributed by atoms with Crippen molar-refractivity contribution in [3.05, 3.63) is 48.0 Å². The van der Waals surface area contributed by atoms with Gasteiger partial charge in [0.2, 0.25) is 0 Å². The van der Waals surface area contributed by atoms with Gasteiger partial charge in [0.25, 0.3) is 0 Å². The number of hydrogen-bond acceptors (Lipinski definition) is 3. The van der Waals surface area contributed by atoms with Crippen molar-refractivity contribution in [2.75, 3.05) is 11.5 Å². The van der Waals surface area contributed by atoms with Crippen molar-refractivity contribution in [1.29, 1.82) is 0 Å². The first-order chi connectivity index (χ1) is 9.02. The summed E-state index contributed by atoms with van der Waals surface area (Å²) in [4.78, 5) is 0. The summed E-state index contributed by atoms with van der Waals surface area (Å²) in [6.07, 6.45) is 0.632. The van der Waals surface area contributed by atoms with Gasteiger partial charge in [-0.05, 0) is 28.8 Å². The second-order valence-corrected chi connectivity index (χ2v) is 7.06. The van der Waals surface area contributed by atoms with E-state index in [1.54, 1.807) is 0 Å². The fraction of sp³-hybridized carbons (Fsp3) is 0.333. The number of sulfone groups is 1. The summed E-state index contributed by atoms with van der Waals surface area (Å²) < 4.78 is 23.6. The number of fused-ring (bicyclic) bond motifs is 1. The summed E-state index contributed by atoms with van der Waals surface area (Å²) in [7, 11) is -3.06. The number of rotatable bonds is 5. The third kappa shape index (κ3) is 3.55. The molecule has 2 rings (SSSR count). The van der Waals surface area contributed by atoms with Crippen molar-refractivity contribution in [2.24, 2.45) is 5.73 Å². The van der Waals surface area contributed by atoms with Gasteiger partial charge in [-0.1, -0.05) is 43.3 Å². The van der Waals surface area contributed by atoms with Crippen LogP contribution in [-0.2, 0) is 9.84 Å². The lowest BCUT2D eigenvalue weighted by Gasteiger charge is -2.13. The van der Waals surface area contributed by atoms with Crippen LogP contribution in [0.5, 0.6) is 0 Å². The summed E-state index contributed by atoms with van der Waals surface area (Å²) in [5.74, 6) is 0.216. The molecule has 102 valence electrons. The van der Waals surface area contributed by atoms with E-state index in [1.807, 2.05) is 49.4 Å². The quantitative estimate of drug-likeness (QED) is 0.914. The van der Waals surface area contributed by atoms with Gasteiger partial charge < -0.3 is 5.73 Å². The zero-order valence-corrected chi connectivity index (χ0v) is 11.9. The third-order valence-electron chi connectivity index (χ3n) is 3.15. The van der Waals surface area contributed by atoms with Crippen LogP contribution in [0.15, 0.2) is 42.5 Å². The maximum Gasteiger partial charge on any atom is 0.152 e. The molecule has 0 aliphatic heterocycles. The monoisotopic (exact) mass is 277 g/mol. The molecule has 4 heteroatoms. The maximum atomic E-state index is 11.8. The first kappa shape index (κ1) is 14.0. The second kappa shape index (κ2) is 5.72. The van der Waals surface area contributed by atoms with Crippen molar-refractivity contribution in [1.82, 2.24) is 0 Å². The van der Waals surface area contributed by atoms with Gasteiger partial charge in [-0.15, -0.1) is 0 Å². The van der Waals surface area contributed by atoms with Gasteiger partial charge in [0, 0.05) is 11.8 Å². The summed E-state index contributed by atoms with van der Waals surface area (Å²) in [6.45, 7) is 1.86. The van der Waals surface area contributed by atoms with Crippen LogP contribution in [-0.4, -0.2) is 19.9 Å². The molecule has 0 aliphatic carbocycles. The second-order valence-electron chi connectivity index (χ2n) is 4.83. The highest BCUT2D eigenvalue weighted by molar-refractivity contribution is 7.91. The molecule has 2 N–H and O–H groups in total. The Morgan fingerprint density at radius 2 is 1.79 bits per heavy atom. The van der Waals surface area contributed by atoms with Crippen molar-refractivity contribution in [3.63, 3.8) is 0 Å². The molecule has 0 aliphatic rings. The minimum atomic E-state index is -3.06. The van der Waals surface area contributed by atoms with E-state index in [4.69, 9.17) is 5.73 Å². The zero-order valence-electron chi connectivity index (χ0n) is 11.0. The van der Waals surface area contributed by atoms with Gasteiger partial charge in [0.1, 0.15) is 0 Å². The van der Waals surface area contributed by atoms with Crippen LogP contribution >= 0.6 is 0 Å². The number of benzene rings is 2. The third-order valence-corrected chi connectivity index (χ3v) is 5.05. The summed E-state index contributed by atoms with van der Waals surface area (Å²) >= 11 is 0. The molecule has 2 aromatic carbocycles. The molecule has 0 saturated carbocycles. The molecule has 0 fully saturated rings. The molecule has 1 atom stereocenters. The van der Waals surface area contributed by atoms with Crippen LogP contribution in [0.1, 0.15) is 24.9 Å². The minimum Gasteiger partial charge on any atom is -0.323 e. The summed E-state index contributed by atoms with van der Waals surface area (Å²) in [6, 6.07) is 13.4. The largest absolute Gasteiger partial charge is 0.323 e. The molecular formula is C15H19NO2S. The normalized spacial score (nSPS) is 13.6. The predicted octanol–water partition coefficient (Wildman–Crippen LogP) is 2.66. The molecule has 1 unspecified atom stereocenters. The molecule has 0 radical (unpaired) electrons. The standard InChI is InChI=1S/C15H19NO2S/c1-2-9-19(17,18)11-15(16)14-8-7-12-5-3-4-6-13(12)10-14/h3-8,10,15H,2,9,11,16H2,1H3. The van der Waals surface area contributed by atoms with E-state index in [0.717, 1.165) is 16.3 Å². The fourth-order valence-electron chi connectivity index (χ4n) is 2.20. The molecule has 0 amide bonds. The lowest BCUT2D eigenvalue weighted by atomic mass is 10.0. The SMILES string of the molecule is CCCS(=O)(=O)CC(N)c1ccc2ccccc2c1. The summed E-state index contributed by atoms with van der Waals surface area (Å²) in [5.41, 5.74) is 6.90. The Kier molecular flexibility index (Phi) is 4.22. The van der Waals surface area contributed by atoms with E-state index in [-0.39, 0.29) is 11.5 Å². The molecule has 0 spiro atoms. The smallest absolute Gasteiger partial charge is 0.152 e. The van der Waals surface area contributed by atoms with Crippen LogP contribution in [0.3, 0.4) is 0 Å². The van der Waals surface area contributed by atoms with Gasteiger partial charge in [-0.25, -0.2) is 8.42 Å². The van der Waals surface area contributed by atoms with Gasteiger partial charge in [0.15, 0.2) is 9.84 Å². The molecule has 2 aromatic rings. The number of hydrogen-bond donors (Lipinski definition) is 1.